The van der Waals surface area contributed by atoms with Gasteiger partial charge in [-0.05, 0) is 94.3 Å². The van der Waals surface area contributed by atoms with Crippen LogP contribution < -0.4 is 9.47 Å². The summed E-state index contributed by atoms with van der Waals surface area (Å²) in [6.45, 7) is 2.62. The molecule has 1 aliphatic heterocycles. The van der Waals surface area contributed by atoms with Gasteiger partial charge in [0, 0.05) is 12.1 Å². The number of thioether (sulfide) groups is 1. The third-order valence-electron chi connectivity index (χ3n) is 5.22. The van der Waals surface area contributed by atoms with Crippen LogP contribution in [0.2, 0.25) is 5.02 Å². The van der Waals surface area contributed by atoms with Gasteiger partial charge in [0.2, 0.25) is 0 Å². The summed E-state index contributed by atoms with van der Waals surface area (Å²) in [5.74, 6) is -0.170. The lowest BCUT2D eigenvalue weighted by atomic mass is 10.1. The van der Waals surface area contributed by atoms with E-state index in [0.717, 1.165) is 11.1 Å². The van der Waals surface area contributed by atoms with Crippen molar-refractivity contribution in [2.75, 3.05) is 13.7 Å². The van der Waals surface area contributed by atoms with E-state index in [1.54, 1.807) is 31.3 Å². The number of halogens is 2. The minimum absolute atomic E-state index is 0.126. The summed E-state index contributed by atoms with van der Waals surface area (Å²) in [7, 11) is 1.63. The van der Waals surface area contributed by atoms with Gasteiger partial charge in [0.05, 0.1) is 27.2 Å². The molecule has 1 fully saturated rings. The first-order chi connectivity index (χ1) is 17.7. The summed E-state index contributed by atoms with van der Waals surface area (Å²) in [5.41, 5.74) is 2.24. The SMILES string of the molecule is CCOc1cc(/C=C2\SC(=Nc3cccc(C(=O)O)c3)N(C)C2=O)cc(Br)c1OCc1cccc(Cl)c1. The zero-order valence-electron chi connectivity index (χ0n) is 19.9. The van der Waals surface area contributed by atoms with E-state index in [2.05, 4.69) is 20.9 Å². The third kappa shape index (κ3) is 6.54. The number of likely N-dealkylation sites (N-methyl/N-ethyl adjacent to an activating group) is 1. The Morgan fingerprint density at radius 1 is 1.16 bits per heavy atom. The van der Waals surface area contributed by atoms with Crippen LogP contribution in [0.1, 0.15) is 28.4 Å². The zero-order valence-corrected chi connectivity index (χ0v) is 23.1. The van der Waals surface area contributed by atoms with Gasteiger partial charge >= 0.3 is 5.97 Å². The number of aliphatic imine (C=N–C) groups is 1. The Labute approximate surface area is 231 Å². The minimum atomic E-state index is -1.04. The van der Waals surface area contributed by atoms with Crippen LogP contribution in [0.25, 0.3) is 6.08 Å². The molecule has 0 spiro atoms. The summed E-state index contributed by atoms with van der Waals surface area (Å²) in [6, 6.07) is 17.3. The molecule has 1 aliphatic rings. The van der Waals surface area contributed by atoms with Crippen molar-refractivity contribution >= 4 is 68.1 Å². The normalized spacial score (nSPS) is 15.5. The average Bonchev–Trinajstić information content (AvgIpc) is 3.11. The summed E-state index contributed by atoms with van der Waals surface area (Å²) in [4.78, 5) is 30.6. The van der Waals surface area contributed by atoms with Crippen molar-refractivity contribution in [1.29, 1.82) is 0 Å². The number of carboxylic acid groups (broad SMARTS) is 1. The molecule has 0 atom stereocenters. The Bertz CT molecular complexity index is 1430. The van der Waals surface area contributed by atoms with E-state index in [0.29, 0.717) is 50.0 Å². The average molecular weight is 602 g/mol. The van der Waals surface area contributed by atoms with Crippen LogP contribution in [-0.4, -0.2) is 40.7 Å². The maximum Gasteiger partial charge on any atom is 0.335 e. The molecule has 0 aromatic heterocycles. The van der Waals surface area contributed by atoms with Crippen LogP contribution in [0.15, 0.2) is 75.0 Å². The molecule has 1 N–H and O–H groups in total. The predicted molar refractivity (Wildman–Crippen MR) is 150 cm³/mol. The largest absolute Gasteiger partial charge is 0.490 e. The summed E-state index contributed by atoms with van der Waals surface area (Å²) in [6.07, 6.45) is 1.76. The van der Waals surface area contributed by atoms with Gasteiger partial charge in [0.1, 0.15) is 6.61 Å². The van der Waals surface area contributed by atoms with Crippen molar-refractivity contribution in [1.82, 2.24) is 4.90 Å². The second-order valence-electron chi connectivity index (χ2n) is 7.91. The molecule has 3 aromatic rings. The fourth-order valence-corrected chi connectivity index (χ4v) is 5.25. The molecule has 1 heterocycles. The van der Waals surface area contributed by atoms with Crippen molar-refractivity contribution in [3.05, 3.63) is 91.8 Å². The topological polar surface area (TPSA) is 88.4 Å². The van der Waals surface area contributed by atoms with Gasteiger partial charge in [-0.25, -0.2) is 9.79 Å². The van der Waals surface area contributed by atoms with Crippen LogP contribution in [-0.2, 0) is 11.4 Å². The molecular formula is C27H22BrClN2O5S. The molecule has 0 saturated carbocycles. The number of carbonyl (C=O) groups excluding carboxylic acids is 1. The number of ether oxygens (including phenoxy) is 2. The van der Waals surface area contributed by atoms with Crippen LogP contribution >= 0.6 is 39.3 Å². The highest BCUT2D eigenvalue weighted by molar-refractivity contribution is 9.10. The molecule has 0 radical (unpaired) electrons. The molecule has 190 valence electrons. The van der Waals surface area contributed by atoms with Crippen molar-refractivity contribution in [2.45, 2.75) is 13.5 Å². The fourth-order valence-electron chi connectivity index (χ4n) is 3.48. The lowest BCUT2D eigenvalue weighted by Gasteiger charge is -2.15. The first-order valence-corrected chi connectivity index (χ1v) is 13.2. The first kappa shape index (κ1) is 26.8. The highest BCUT2D eigenvalue weighted by Gasteiger charge is 2.30. The van der Waals surface area contributed by atoms with E-state index in [1.165, 1.54) is 28.8 Å². The molecule has 3 aromatic carbocycles. The van der Waals surface area contributed by atoms with Gasteiger partial charge in [-0.3, -0.25) is 9.69 Å². The van der Waals surface area contributed by atoms with Crippen LogP contribution in [0, 0.1) is 0 Å². The highest BCUT2D eigenvalue weighted by Crippen LogP contribution is 2.40. The smallest absolute Gasteiger partial charge is 0.335 e. The van der Waals surface area contributed by atoms with E-state index in [-0.39, 0.29) is 11.5 Å². The first-order valence-electron chi connectivity index (χ1n) is 11.2. The Morgan fingerprint density at radius 3 is 2.68 bits per heavy atom. The number of aromatic carboxylic acids is 1. The van der Waals surface area contributed by atoms with E-state index in [1.807, 2.05) is 37.3 Å². The number of amides is 1. The standard InChI is InChI=1S/C27H22BrClN2O5S/c1-3-35-22-12-17(11-21(28)24(22)36-15-16-6-4-8-19(29)10-16)13-23-25(32)31(2)27(37-23)30-20-9-5-7-18(14-20)26(33)34/h4-14H,3,15H2,1-2H3,(H,33,34)/b23-13-,30-27?. The van der Waals surface area contributed by atoms with E-state index < -0.39 is 5.97 Å². The maximum absolute atomic E-state index is 12.9. The molecule has 4 rings (SSSR count). The molecule has 37 heavy (non-hydrogen) atoms. The van der Waals surface area contributed by atoms with Gasteiger partial charge < -0.3 is 14.6 Å². The Morgan fingerprint density at radius 2 is 1.95 bits per heavy atom. The lowest BCUT2D eigenvalue weighted by molar-refractivity contribution is -0.121. The number of rotatable bonds is 8. The van der Waals surface area contributed by atoms with E-state index in [4.69, 9.17) is 21.1 Å². The number of amidine groups is 1. The van der Waals surface area contributed by atoms with Gasteiger partial charge in [-0.1, -0.05) is 29.8 Å². The van der Waals surface area contributed by atoms with Crippen molar-refractivity contribution in [2.24, 2.45) is 4.99 Å². The molecule has 0 unspecified atom stereocenters. The minimum Gasteiger partial charge on any atom is -0.490 e. The van der Waals surface area contributed by atoms with Crippen LogP contribution in [0.4, 0.5) is 5.69 Å². The van der Waals surface area contributed by atoms with Crippen molar-refractivity contribution in [3.8, 4) is 11.5 Å². The quantitative estimate of drug-likeness (QED) is 0.279. The molecular weight excluding hydrogens is 580 g/mol. The molecule has 1 amide bonds. The molecule has 7 nitrogen and oxygen atoms in total. The number of carboxylic acids is 1. The van der Waals surface area contributed by atoms with Crippen molar-refractivity contribution < 1.29 is 24.2 Å². The van der Waals surface area contributed by atoms with Gasteiger partial charge in [-0.15, -0.1) is 0 Å². The van der Waals surface area contributed by atoms with E-state index >= 15 is 0 Å². The van der Waals surface area contributed by atoms with Gasteiger partial charge in [0.15, 0.2) is 16.7 Å². The van der Waals surface area contributed by atoms with Crippen LogP contribution in [0.5, 0.6) is 11.5 Å². The number of benzene rings is 3. The highest BCUT2D eigenvalue weighted by atomic mass is 79.9. The second-order valence-corrected chi connectivity index (χ2v) is 10.2. The van der Waals surface area contributed by atoms with Gasteiger partial charge in [-0.2, -0.15) is 0 Å². The molecule has 0 bridgehead atoms. The predicted octanol–water partition coefficient (Wildman–Crippen LogP) is 7.01. The summed E-state index contributed by atoms with van der Waals surface area (Å²) in [5, 5.41) is 10.3. The number of hydrogen-bond donors (Lipinski definition) is 1. The maximum atomic E-state index is 12.9. The Kier molecular flexibility index (Phi) is 8.58. The third-order valence-corrected chi connectivity index (χ3v) is 7.11. The van der Waals surface area contributed by atoms with Gasteiger partial charge in [0.25, 0.3) is 5.91 Å². The number of hydrogen-bond acceptors (Lipinski definition) is 6. The van der Waals surface area contributed by atoms with Crippen LogP contribution in [0.3, 0.4) is 0 Å². The fraction of sp³-hybridized carbons (Fsp3) is 0.148. The summed E-state index contributed by atoms with van der Waals surface area (Å²) < 4.78 is 12.5. The second kappa shape index (κ2) is 11.9. The zero-order chi connectivity index (χ0) is 26.5. The molecule has 0 aliphatic carbocycles. The Balaban J connectivity index is 1.59. The molecule has 1 saturated heterocycles. The number of carbonyl (C=O) groups is 2. The molecule has 10 heteroatoms. The van der Waals surface area contributed by atoms with Crippen molar-refractivity contribution in [3.63, 3.8) is 0 Å². The Hall–Kier alpha value is -3.27. The summed E-state index contributed by atoms with van der Waals surface area (Å²) >= 11 is 10.9. The number of nitrogens with zero attached hydrogens (tertiary/aromatic N) is 2. The van der Waals surface area contributed by atoms with E-state index in [9.17, 15) is 14.7 Å². The monoisotopic (exact) mass is 600 g/mol. The lowest BCUT2D eigenvalue weighted by Crippen LogP contribution is -2.23.